The largest absolute Gasteiger partial charge is 0.494 e. The van der Waals surface area contributed by atoms with E-state index in [-0.39, 0.29) is 6.04 Å². The van der Waals surface area contributed by atoms with Gasteiger partial charge in [-0.3, -0.25) is 0 Å². The summed E-state index contributed by atoms with van der Waals surface area (Å²) in [5.74, 6) is 0. The molecule has 2 aliphatic rings. The van der Waals surface area contributed by atoms with Crippen molar-refractivity contribution in [2.75, 3.05) is 6.54 Å². The van der Waals surface area contributed by atoms with E-state index in [0.29, 0.717) is 11.4 Å². The van der Waals surface area contributed by atoms with E-state index in [1.807, 2.05) is 40.7 Å². The maximum Gasteiger partial charge on any atom is 0.494 e. The molecule has 0 radical (unpaired) electrons. The third-order valence-electron chi connectivity index (χ3n) is 5.73. The Labute approximate surface area is 151 Å². The van der Waals surface area contributed by atoms with Crippen molar-refractivity contribution in [3.05, 3.63) is 24.3 Å². The Balaban J connectivity index is 1.90. The van der Waals surface area contributed by atoms with Crippen molar-refractivity contribution in [1.82, 2.24) is 4.31 Å². The third kappa shape index (κ3) is 3.39. The highest BCUT2D eigenvalue weighted by Crippen LogP contribution is 2.36. The molecule has 3 rings (SSSR count). The summed E-state index contributed by atoms with van der Waals surface area (Å²) in [5.41, 5.74) is -0.161. The number of rotatable bonds is 3. The van der Waals surface area contributed by atoms with Crippen LogP contribution in [0.15, 0.2) is 29.2 Å². The molecule has 1 unspecified atom stereocenters. The smallest absolute Gasteiger partial charge is 0.399 e. The van der Waals surface area contributed by atoms with Gasteiger partial charge in [-0.1, -0.05) is 18.6 Å². The summed E-state index contributed by atoms with van der Waals surface area (Å²) in [6.07, 6.45) is 2.91. The first-order chi connectivity index (χ1) is 11.5. The lowest BCUT2D eigenvalue weighted by molar-refractivity contribution is 0.00578. The third-order valence-corrected chi connectivity index (χ3v) is 7.74. The zero-order valence-corrected chi connectivity index (χ0v) is 16.6. The average Bonchev–Trinajstić information content (AvgIpc) is 2.76. The van der Waals surface area contributed by atoms with E-state index < -0.39 is 28.3 Å². The van der Waals surface area contributed by atoms with E-state index in [9.17, 15) is 8.42 Å². The van der Waals surface area contributed by atoms with Crippen LogP contribution >= 0.6 is 0 Å². The first-order valence-electron chi connectivity index (χ1n) is 9.02. The summed E-state index contributed by atoms with van der Waals surface area (Å²) in [5, 5.41) is 0. The van der Waals surface area contributed by atoms with Crippen LogP contribution in [0.5, 0.6) is 0 Å². The van der Waals surface area contributed by atoms with Crippen LogP contribution in [-0.4, -0.2) is 43.6 Å². The van der Waals surface area contributed by atoms with Crippen molar-refractivity contribution in [3.63, 3.8) is 0 Å². The van der Waals surface area contributed by atoms with Crippen LogP contribution in [0.4, 0.5) is 0 Å². The summed E-state index contributed by atoms with van der Waals surface area (Å²) in [6, 6.07) is 7.02. The van der Waals surface area contributed by atoms with E-state index in [1.165, 1.54) is 0 Å². The molecule has 138 valence electrons. The van der Waals surface area contributed by atoms with Gasteiger partial charge in [-0.05, 0) is 65.1 Å². The number of piperidine rings is 1. The minimum Gasteiger partial charge on any atom is -0.399 e. The van der Waals surface area contributed by atoms with Gasteiger partial charge in [0.1, 0.15) is 0 Å². The highest BCUT2D eigenvalue weighted by molar-refractivity contribution is 7.89. The van der Waals surface area contributed by atoms with Crippen LogP contribution in [0, 0.1) is 0 Å². The fourth-order valence-electron chi connectivity index (χ4n) is 3.36. The summed E-state index contributed by atoms with van der Waals surface area (Å²) < 4.78 is 39.9. The molecule has 0 spiro atoms. The lowest BCUT2D eigenvalue weighted by atomic mass is 9.79. The van der Waals surface area contributed by atoms with E-state index >= 15 is 0 Å². The summed E-state index contributed by atoms with van der Waals surface area (Å²) in [6.45, 7) is 10.5. The van der Waals surface area contributed by atoms with E-state index in [2.05, 4.69) is 0 Å². The molecule has 0 N–H and O–H groups in total. The molecular weight excluding hydrogens is 337 g/mol. The van der Waals surface area contributed by atoms with Gasteiger partial charge < -0.3 is 9.31 Å². The highest BCUT2D eigenvalue weighted by Gasteiger charge is 2.51. The number of hydrogen-bond acceptors (Lipinski definition) is 4. The zero-order valence-electron chi connectivity index (χ0n) is 15.8. The molecule has 0 aromatic heterocycles. The van der Waals surface area contributed by atoms with Crippen LogP contribution < -0.4 is 5.46 Å². The molecule has 0 bridgehead atoms. The van der Waals surface area contributed by atoms with Crippen molar-refractivity contribution < 1.29 is 17.7 Å². The van der Waals surface area contributed by atoms with Gasteiger partial charge in [0.2, 0.25) is 10.0 Å². The Morgan fingerprint density at radius 1 is 1.12 bits per heavy atom. The molecule has 25 heavy (non-hydrogen) atoms. The number of nitrogens with zero attached hydrogens (tertiary/aromatic N) is 1. The molecule has 2 aliphatic heterocycles. The Hall–Kier alpha value is -0.885. The molecule has 0 saturated carbocycles. The molecule has 5 nitrogen and oxygen atoms in total. The van der Waals surface area contributed by atoms with Crippen molar-refractivity contribution in [2.24, 2.45) is 0 Å². The Morgan fingerprint density at radius 3 is 2.36 bits per heavy atom. The first-order valence-corrected chi connectivity index (χ1v) is 10.5. The lowest BCUT2D eigenvalue weighted by Gasteiger charge is -2.32. The maximum atomic E-state index is 13.1. The predicted octanol–water partition coefficient (Wildman–Crippen LogP) is 2.55. The second-order valence-electron chi connectivity index (χ2n) is 8.12. The lowest BCUT2D eigenvalue weighted by Crippen LogP contribution is -2.42. The predicted molar refractivity (Wildman–Crippen MR) is 99.4 cm³/mol. The van der Waals surface area contributed by atoms with Crippen molar-refractivity contribution in [2.45, 2.75) is 76.0 Å². The van der Waals surface area contributed by atoms with Crippen LogP contribution in [0.25, 0.3) is 0 Å². The molecule has 0 aliphatic carbocycles. The van der Waals surface area contributed by atoms with Crippen molar-refractivity contribution in [1.29, 1.82) is 0 Å². The fourth-order valence-corrected chi connectivity index (χ4v) is 5.12. The Bertz CT molecular complexity index is 731. The minimum atomic E-state index is -3.50. The van der Waals surface area contributed by atoms with E-state index in [4.69, 9.17) is 9.31 Å². The molecule has 7 heteroatoms. The van der Waals surface area contributed by atoms with Crippen LogP contribution in [0.2, 0.25) is 0 Å². The number of benzene rings is 1. The standard InChI is InChI=1S/C18H28BNO4S/c1-14-9-6-7-12-20(14)25(21,22)16-11-8-10-15(13-16)19-23-17(2,3)18(4,5)24-19/h8,10-11,13-14H,6-7,9,12H2,1-5H3. The Morgan fingerprint density at radius 2 is 1.76 bits per heavy atom. The molecule has 1 aromatic rings. The fraction of sp³-hybridized carbons (Fsp3) is 0.667. The van der Waals surface area contributed by atoms with Gasteiger partial charge in [-0.2, -0.15) is 4.31 Å². The molecule has 0 amide bonds. The summed E-state index contributed by atoms with van der Waals surface area (Å²) in [4.78, 5) is 0.313. The van der Waals surface area contributed by atoms with Gasteiger partial charge in [0.05, 0.1) is 16.1 Å². The molecule has 2 fully saturated rings. The molecular formula is C18H28BNO4S. The van der Waals surface area contributed by atoms with Gasteiger partial charge in [-0.15, -0.1) is 0 Å². The van der Waals surface area contributed by atoms with Gasteiger partial charge >= 0.3 is 7.12 Å². The quantitative estimate of drug-likeness (QED) is 0.773. The second kappa shape index (κ2) is 6.37. The minimum absolute atomic E-state index is 0.0410. The zero-order chi connectivity index (χ0) is 18.5. The first kappa shape index (κ1) is 18.9. The molecule has 2 heterocycles. The molecule has 1 aromatic carbocycles. The van der Waals surface area contributed by atoms with Crippen molar-refractivity contribution >= 4 is 22.6 Å². The van der Waals surface area contributed by atoms with Gasteiger partial charge in [0.25, 0.3) is 0 Å². The second-order valence-corrected chi connectivity index (χ2v) is 10.0. The van der Waals surface area contributed by atoms with Gasteiger partial charge in [-0.25, -0.2) is 8.42 Å². The number of hydrogen-bond donors (Lipinski definition) is 0. The SMILES string of the molecule is CC1CCCCN1S(=O)(=O)c1cccc(B2OC(C)(C)C(C)(C)O2)c1. The van der Waals surface area contributed by atoms with E-state index in [0.717, 1.165) is 24.7 Å². The van der Waals surface area contributed by atoms with Gasteiger partial charge in [0.15, 0.2) is 0 Å². The van der Waals surface area contributed by atoms with Crippen LogP contribution in [0.1, 0.15) is 53.9 Å². The number of sulfonamides is 1. The highest BCUT2D eigenvalue weighted by atomic mass is 32.2. The van der Waals surface area contributed by atoms with Crippen LogP contribution in [0.3, 0.4) is 0 Å². The summed E-state index contributed by atoms with van der Waals surface area (Å²) >= 11 is 0. The average molecular weight is 365 g/mol. The monoisotopic (exact) mass is 365 g/mol. The van der Waals surface area contributed by atoms with E-state index in [1.54, 1.807) is 22.5 Å². The topological polar surface area (TPSA) is 55.8 Å². The van der Waals surface area contributed by atoms with Gasteiger partial charge in [0, 0.05) is 12.6 Å². The van der Waals surface area contributed by atoms with Crippen LogP contribution in [-0.2, 0) is 19.3 Å². The summed E-state index contributed by atoms with van der Waals surface area (Å²) in [7, 11) is -4.06. The molecule has 2 saturated heterocycles. The van der Waals surface area contributed by atoms with Crippen molar-refractivity contribution in [3.8, 4) is 0 Å². The normalized spacial score (nSPS) is 26.8. The Kier molecular flexibility index (Phi) is 4.82. The maximum absolute atomic E-state index is 13.1. The molecule has 1 atom stereocenters.